The molecule has 8 nitrogen and oxygen atoms in total. The first-order valence-corrected chi connectivity index (χ1v) is 28.3. The van der Waals surface area contributed by atoms with E-state index in [-0.39, 0.29) is 0 Å². The van der Waals surface area contributed by atoms with Crippen LogP contribution < -0.4 is 0 Å². The van der Waals surface area contributed by atoms with Crippen LogP contribution in [-0.4, -0.2) is 24.1 Å². The summed E-state index contributed by atoms with van der Waals surface area (Å²) < 4.78 is 4.65. The number of para-hydroxylation sites is 2. The van der Waals surface area contributed by atoms with Crippen LogP contribution in [0.1, 0.15) is 11.1 Å². The minimum absolute atomic E-state index is 0.442. The third-order valence-corrected chi connectivity index (χ3v) is 16.3. The molecule has 12 aromatic carbocycles. The van der Waals surface area contributed by atoms with Gasteiger partial charge in [-0.1, -0.05) is 194 Å². The summed E-state index contributed by atoms with van der Waals surface area (Å²) in [6.45, 7) is 7.73. The lowest BCUT2D eigenvalue weighted by molar-refractivity contribution is 1.06. The van der Waals surface area contributed by atoms with Crippen molar-refractivity contribution in [1.82, 2.24) is 24.1 Å². The summed E-state index contributed by atoms with van der Waals surface area (Å²) in [5, 5.41) is 24.5. The summed E-state index contributed by atoms with van der Waals surface area (Å²) in [7, 11) is 0. The van der Waals surface area contributed by atoms with Crippen LogP contribution in [0.25, 0.3) is 150 Å². The molecular formula is C78H46N8. The lowest BCUT2D eigenvalue weighted by Gasteiger charge is -2.18. The summed E-state index contributed by atoms with van der Waals surface area (Å²) in [5.74, 6) is 1.33. The molecule has 15 aromatic rings. The number of nitrogens with zero attached hydrogens (tertiary/aromatic N) is 8. The van der Waals surface area contributed by atoms with Gasteiger partial charge in [-0.2, -0.15) is 10.5 Å². The monoisotopic (exact) mass is 1090 g/mol. The van der Waals surface area contributed by atoms with Crippen molar-refractivity contribution in [2.24, 2.45) is 0 Å². The molecule has 0 bridgehead atoms. The van der Waals surface area contributed by atoms with Crippen LogP contribution >= 0.6 is 0 Å². The number of hydrogen-bond donors (Lipinski definition) is 0. The maximum atomic E-state index is 10.3. The molecule has 8 heteroatoms. The molecule has 3 heterocycles. The molecule has 0 spiro atoms. The fraction of sp³-hybridized carbons (Fsp3) is 0. The van der Waals surface area contributed by atoms with Gasteiger partial charge in [-0.3, -0.25) is 0 Å². The first-order chi connectivity index (χ1) is 42.5. The van der Waals surface area contributed by atoms with Crippen LogP contribution in [0.5, 0.6) is 0 Å². The average molecular weight is 1100 g/mol. The van der Waals surface area contributed by atoms with Crippen molar-refractivity contribution in [2.75, 3.05) is 0 Å². The van der Waals surface area contributed by atoms with Gasteiger partial charge in [0.1, 0.15) is 0 Å². The standard InChI is InChI=1S/C78H46N8/c1-81-62-37-31-54(32-38-62)58-34-40-67(75(47-58)86-71-26-13-11-24-65(71)69-45-56(36-42-73(69)86)52-17-6-3-7-18-52)78-83-76(60-21-14-20-59(43-60)63-22-9-8-19-61(63)49-80)82-77(84-78)66-39-33-57(53-29-27-50(48-79)28-30-53)46-74(66)85-70-25-12-10-23-64(70)68-44-55(35-41-72(68)85)51-15-4-2-5-16-51/h2-47H. The van der Waals surface area contributed by atoms with Crippen molar-refractivity contribution in [3.8, 4) is 113 Å². The summed E-state index contributed by atoms with van der Waals surface area (Å²) in [4.78, 5) is 20.4. The highest BCUT2D eigenvalue weighted by molar-refractivity contribution is 6.12. The third kappa shape index (κ3) is 8.90. The lowest BCUT2D eigenvalue weighted by atomic mass is 9.98. The van der Waals surface area contributed by atoms with Gasteiger partial charge in [-0.25, -0.2) is 19.8 Å². The molecule has 0 aliphatic heterocycles. The van der Waals surface area contributed by atoms with Crippen molar-refractivity contribution in [1.29, 1.82) is 10.5 Å². The second-order valence-corrected chi connectivity index (χ2v) is 21.3. The summed E-state index contributed by atoms with van der Waals surface area (Å²) in [6, 6.07) is 100. The first kappa shape index (κ1) is 50.7. The van der Waals surface area contributed by atoms with Crippen molar-refractivity contribution in [3.63, 3.8) is 0 Å². The Kier molecular flexibility index (Phi) is 12.5. The van der Waals surface area contributed by atoms with E-state index in [9.17, 15) is 10.5 Å². The maximum Gasteiger partial charge on any atom is 0.187 e. The molecule has 3 aromatic heterocycles. The first-order valence-electron chi connectivity index (χ1n) is 28.3. The van der Waals surface area contributed by atoms with Crippen molar-refractivity contribution in [3.05, 3.63) is 302 Å². The van der Waals surface area contributed by atoms with E-state index in [0.717, 1.165) is 127 Å². The molecule has 0 unspecified atom stereocenters. The largest absolute Gasteiger partial charge is 0.308 e. The Morgan fingerprint density at radius 1 is 0.302 bits per heavy atom. The zero-order valence-corrected chi connectivity index (χ0v) is 46.1. The van der Waals surface area contributed by atoms with Crippen molar-refractivity contribution < 1.29 is 0 Å². The highest BCUT2D eigenvalue weighted by atomic mass is 15.1. The summed E-state index contributed by atoms with van der Waals surface area (Å²) >= 11 is 0. The van der Waals surface area contributed by atoms with Crippen molar-refractivity contribution >= 4 is 49.3 Å². The average Bonchev–Trinajstić information content (AvgIpc) is 2.34. The van der Waals surface area contributed by atoms with Gasteiger partial charge >= 0.3 is 0 Å². The second-order valence-electron chi connectivity index (χ2n) is 21.3. The highest BCUT2D eigenvalue weighted by Gasteiger charge is 2.24. The predicted octanol–water partition coefficient (Wildman–Crippen LogP) is 19.7. The van der Waals surface area contributed by atoms with Crippen LogP contribution in [0.3, 0.4) is 0 Å². The van der Waals surface area contributed by atoms with Gasteiger partial charge < -0.3 is 9.13 Å². The molecular weight excluding hydrogens is 1050 g/mol. The van der Waals surface area contributed by atoms with E-state index in [0.29, 0.717) is 34.3 Å². The Morgan fingerprint density at radius 3 is 1.26 bits per heavy atom. The number of benzene rings is 12. The Bertz CT molecular complexity index is 5030. The molecule has 0 radical (unpaired) electrons. The van der Waals surface area contributed by atoms with Crippen LogP contribution in [-0.2, 0) is 0 Å². The van der Waals surface area contributed by atoms with E-state index in [4.69, 9.17) is 21.5 Å². The number of rotatable bonds is 10. The molecule has 0 N–H and O–H groups in total. The smallest absolute Gasteiger partial charge is 0.187 e. The van der Waals surface area contributed by atoms with Gasteiger partial charge in [0, 0.05) is 38.2 Å². The van der Waals surface area contributed by atoms with Crippen molar-refractivity contribution in [2.45, 2.75) is 0 Å². The quantitative estimate of drug-likeness (QED) is 0.127. The second kappa shape index (κ2) is 21.2. The zero-order chi connectivity index (χ0) is 57.7. The molecule has 0 saturated heterocycles. The van der Waals surface area contributed by atoms with Gasteiger partial charge in [0.2, 0.25) is 0 Å². The van der Waals surface area contributed by atoms with Crippen LogP contribution in [0.2, 0.25) is 0 Å². The van der Waals surface area contributed by atoms with E-state index in [1.54, 1.807) is 0 Å². The van der Waals surface area contributed by atoms with Gasteiger partial charge in [0.05, 0.1) is 63.3 Å². The number of fused-ring (bicyclic) bond motifs is 6. The van der Waals surface area contributed by atoms with Gasteiger partial charge in [0.15, 0.2) is 23.2 Å². The van der Waals surface area contributed by atoms with E-state index < -0.39 is 0 Å². The Balaban J connectivity index is 1.02. The topological polar surface area (TPSA) is 100 Å². The van der Waals surface area contributed by atoms with E-state index in [1.807, 2.05) is 103 Å². The molecule has 0 fully saturated rings. The Hall–Kier alpha value is -12.3. The predicted molar refractivity (Wildman–Crippen MR) is 348 cm³/mol. The molecule has 0 atom stereocenters. The molecule has 398 valence electrons. The third-order valence-electron chi connectivity index (χ3n) is 16.3. The molecule has 86 heavy (non-hydrogen) atoms. The Morgan fingerprint density at radius 2 is 0.721 bits per heavy atom. The van der Waals surface area contributed by atoms with Gasteiger partial charge in [-0.15, -0.1) is 0 Å². The highest BCUT2D eigenvalue weighted by Crippen LogP contribution is 2.43. The Labute approximate surface area is 496 Å². The van der Waals surface area contributed by atoms with Gasteiger partial charge in [-0.05, 0) is 141 Å². The number of nitriles is 2. The van der Waals surface area contributed by atoms with Crippen LogP contribution in [0.15, 0.2) is 279 Å². The molecule has 0 aliphatic carbocycles. The summed E-state index contributed by atoms with van der Waals surface area (Å²) in [5.41, 5.74) is 19.6. The van der Waals surface area contributed by atoms with Crippen LogP contribution in [0, 0.1) is 29.2 Å². The van der Waals surface area contributed by atoms with Crippen LogP contribution in [0.4, 0.5) is 5.69 Å². The molecule has 15 rings (SSSR count). The molecule has 0 aliphatic rings. The normalized spacial score (nSPS) is 11.2. The van der Waals surface area contributed by atoms with E-state index >= 15 is 0 Å². The SMILES string of the molecule is [C-]#[N+]c1ccc(-c2ccc(-c3nc(-c4cccc(-c5ccccc5C#N)c4)nc(-c4ccc(-c5ccc(C#N)cc5)cc4-n4c5ccccc5c5cc(-c6ccccc6)ccc54)n3)c(-n3c4ccccc4c4cc(-c5ccccc5)ccc43)c2)cc1. The zero-order valence-electron chi connectivity index (χ0n) is 46.1. The maximum absolute atomic E-state index is 10.3. The number of aromatic nitrogens is 5. The minimum Gasteiger partial charge on any atom is -0.308 e. The van der Waals surface area contributed by atoms with E-state index in [1.165, 1.54) is 0 Å². The van der Waals surface area contributed by atoms with E-state index in [2.05, 4.69) is 202 Å². The van der Waals surface area contributed by atoms with Gasteiger partial charge in [0.25, 0.3) is 0 Å². The fourth-order valence-corrected chi connectivity index (χ4v) is 12.1. The minimum atomic E-state index is 0.442. The number of hydrogen-bond acceptors (Lipinski definition) is 5. The summed E-state index contributed by atoms with van der Waals surface area (Å²) in [6.07, 6.45) is 0. The lowest BCUT2D eigenvalue weighted by Crippen LogP contribution is -2.06. The molecule has 0 saturated carbocycles. The fourth-order valence-electron chi connectivity index (χ4n) is 12.1. The molecule has 0 amide bonds.